The van der Waals surface area contributed by atoms with Crippen LogP contribution in [0.4, 0.5) is 0 Å². The Balaban J connectivity index is 2.15. The summed E-state index contributed by atoms with van der Waals surface area (Å²) in [6.45, 7) is 0.818. The first kappa shape index (κ1) is 13.7. The van der Waals surface area contributed by atoms with Crippen molar-refractivity contribution in [2.45, 2.75) is 31.7 Å². The van der Waals surface area contributed by atoms with Gasteiger partial charge in [0.15, 0.2) is 0 Å². The lowest BCUT2D eigenvalue weighted by atomic mass is 9.99. The maximum absolute atomic E-state index is 12.3. The quantitative estimate of drug-likeness (QED) is 0.899. The molecule has 1 aliphatic rings. The van der Waals surface area contributed by atoms with Gasteiger partial charge in [0.2, 0.25) is 0 Å². The largest absolute Gasteiger partial charge is 0.396 e. The van der Waals surface area contributed by atoms with Gasteiger partial charge in [-0.3, -0.25) is 4.79 Å². The van der Waals surface area contributed by atoms with Crippen molar-refractivity contribution in [3.63, 3.8) is 0 Å². The van der Waals surface area contributed by atoms with Crippen LogP contribution in [0.25, 0.3) is 0 Å². The third kappa shape index (κ3) is 2.82. The van der Waals surface area contributed by atoms with Gasteiger partial charge in [0.1, 0.15) is 10.8 Å². The van der Waals surface area contributed by atoms with E-state index in [1.807, 2.05) is 0 Å². The van der Waals surface area contributed by atoms with Gasteiger partial charge in [0, 0.05) is 19.2 Å². The molecule has 1 amide bonds. The zero-order valence-electron chi connectivity index (χ0n) is 9.96. The molecular formula is C12H16Cl2N2O2. The van der Waals surface area contributed by atoms with Gasteiger partial charge in [-0.15, -0.1) is 0 Å². The molecule has 1 saturated heterocycles. The van der Waals surface area contributed by atoms with E-state index >= 15 is 0 Å². The summed E-state index contributed by atoms with van der Waals surface area (Å²) in [5.74, 6) is -0.0954. The van der Waals surface area contributed by atoms with Crippen LogP contribution in [0.3, 0.4) is 0 Å². The second-order valence-electron chi connectivity index (χ2n) is 4.51. The van der Waals surface area contributed by atoms with Crippen molar-refractivity contribution in [1.82, 2.24) is 9.88 Å². The lowest BCUT2D eigenvalue weighted by molar-refractivity contribution is 0.0569. The van der Waals surface area contributed by atoms with Gasteiger partial charge < -0.3 is 15.0 Å². The minimum absolute atomic E-state index is 0.0954. The van der Waals surface area contributed by atoms with Crippen molar-refractivity contribution < 1.29 is 9.90 Å². The van der Waals surface area contributed by atoms with Crippen molar-refractivity contribution in [3.05, 3.63) is 21.9 Å². The fourth-order valence-corrected chi connectivity index (χ4v) is 2.70. The van der Waals surface area contributed by atoms with Crippen molar-refractivity contribution in [1.29, 1.82) is 0 Å². The van der Waals surface area contributed by atoms with E-state index in [0.29, 0.717) is 17.1 Å². The highest BCUT2D eigenvalue weighted by molar-refractivity contribution is 6.41. The second kappa shape index (κ2) is 5.95. The lowest BCUT2D eigenvalue weighted by Gasteiger charge is -2.35. The van der Waals surface area contributed by atoms with Crippen molar-refractivity contribution in [2.24, 2.45) is 0 Å². The Morgan fingerprint density at radius 2 is 2.28 bits per heavy atom. The normalized spacial score (nSPS) is 20.2. The molecule has 0 spiro atoms. The first-order valence-electron chi connectivity index (χ1n) is 6.09. The predicted molar refractivity (Wildman–Crippen MR) is 71.2 cm³/mol. The molecule has 0 aliphatic carbocycles. The van der Waals surface area contributed by atoms with Gasteiger partial charge in [-0.1, -0.05) is 23.2 Å². The third-order valence-electron chi connectivity index (χ3n) is 3.31. The number of H-pyrrole nitrogens is 1. The summed E-state index contributed by atoms with van der Waals surface area (Å²) in [7, 11) is 0. The molecule has 6 heteroatoms. The Hall–Kier alpha value is -0.710. The number of piperidine rings is 1. The maximum atomic E-state index is 12.3. The van der Waals surface area contributed by atoms with E-state index < -0.39 is 0 Å². The predicted octanol–water partition coefficient (Wildman–Crippen LogP) is 2.70. The zero-order valence-corrected chi connectivity index (χ0v) is 11.5. The number of aromatic nitrogens is 1. The number of likely N-dealkylation sites (tertiary alicyclic amines) is 1. The van der Waals surface area contributed by atoms with Gasteiger partial charge in [-0.2, -0.15) is 0 Å². The van der Waals surface area contributed by atoms with E-state index in [1.165, 1.54) is 0 Å². The minimum Gasteiger partial charge on any atom is -0.396 e. The second-order valence-corrected chi connectivity index (χ2v) is 5.29. The summed E-state index contributed by atoms with van der Waals surface area (Å²) in [5, 5.41) is 9.69. The summed E-state index contributed by atoms with van der Waals surface area (Å²) < 4.78 is 0. The number of aliphatic hydroxyl groups excluding tert-OH is 1. The number of nitrogens with zero attached hydrogens (tertiary/aromatic N) is 1. The first-order chi connectivity index (χ1) is 8.63. The Morgan fingerprint density at radius 1 is 1.50 bits per heavy atom. The molecule has 2 heterocycles. The molecule has 1 unspecified atom stereocenters. The highest BCUT2D eigenvalue weighted by Crippen LogP contribution is 2.26. The van der Waals surface area contributed by atoms with Crippen LogP contribution in [0.5, 0.6) is 0 Å². The Bertz CT molecular complexity index is 412. The summed E-state index contributed by atoms with van der Waals surface area (Å²) in [4.78, 5) is 16.9. The standard InChI is InChI=1S/C12H16Cl2N2O2/c13-9-7-10(15-11(9)14)12(18)16-5-2-1-3-8(16)4-6-17/h7-8,15,17H,1-6H2. The molecule has 100 valence electrons. The van der Waals surface area contributed by atoms with E-state index in [4.69, 9.17) is 28.3 Å². The van der Waals surface area contributed by atoms with Crippen LogP contribution in [0.2, 0.25) is 10.2 Å². The van der Waals surface area contributed by atoms with Crippen LogP contribution >= 0.6 is 23.2 Å². The fourth-order valence-electron chi connectivity index (χ4n) is 2.39. The molecule has 1 atom stereocenters. The van der Waals surface area contributed by atoms with Gasteiger partial charge in [-0.25, -0.2) is 0 Å². The summed E-state index contributed by atoms with van der Waals surface area (Å²) in [5.41, 5.74) is 0.412. The van der Waals surface area contributed by atoms with E-state index in [0.717, 1.165) is 25.8 Å². The molecule has 4 nitrogen and oxygen atoms in total. The molecule has 2 N–H and O–H groups in total. The van der Waals surface area contributed by atoms with Gasteiger partial charge in [0.25, 0.3) is 5.91 Å². The number of rotatable bonds is 3. The molecule has 1 fully saturated rings. The molecule has 0 saturated carbocycles. The molecule has 0 bridgehead atoms. The van der Waals surface area contributed by atoms with Crippen LogP contribution in [0, 0.1) is 0 Å². The zero-order chi connectivity index (χ0) is 13.1. The first-order valence-corrected chi connectivity index (χ1v) is 6.85. The van der Waals surface area contributed by atoms with Crippen LogP contribution in [0.1, 0.15) is 36.2 Å². The number of aliphatic hydroxyl groups is 1. The SMILES string of the molecule is O=C(c1cc(Cl)c(Cl)[nH]1)N1CCCCC1CCO. The summed E-state index contributed by atoms with van der Waals surface area (Å²) in [6, 6.07) is 1.66. The van der Waals surface area contributed by atoms with Crippen LogP contribution in [-0.4, -0.2) is 40.1 Å². The number of hydrogen-bond donors (Lipinski definition) is 2. The Labute approximate surface area is 116 Å². The molecule has 0 radical (unpaired) electrons. The van der Waals surface area contributed by atoms with E-state index in [9.17, 15) is 4.79 Å². The van der Waals surface area contributed by atoms with Crippen LogP contribution < -0.4 is 0 Å². The minimum atomic E-state index is -0.0954. The van der Waals surface area contributed by atoms with Crippen molar-refractivity contribution in [3.8, 4) is 0 Å². The number of halogens is 2. The van der Waals surface area contributed by atoms with Gasteiger partial charge >= 0.3 is 0 Å². The highest BCUT2D eigenvalue weighted by atomic mass is 35.5. The van der Waals surface area contributed by atoms with Gasteiger partial charge in [-0.05, 0) is 31.7 Å². The Kier molecular flexibility index (Phi) is 4.54. The number of nitrogens with one attached hydrogen (secondary N) is 1. The number of aromatic amines is 1. The molecule has 2 rings (SSSR count). The molecule has 1 aliphatic heterocycles. The molecule has 18 heavy (non-hydrogen) atoms. The monoisotopic (exact) mass is 290 g/mol. The van der Waals surface area contributed by atoms with E-state index in [2.05, 4.69) is 4.98 Å². The average Bonchev–Trinajstić information content (AvgIpc) is 2.70. The third-order valence-corrected chi connectivity index (χ3v) is 4.00. The van der Waals surface area contributed by atoms with Gasteiger partial charge in [0.05, 0.1) is 5.02 Å². The van der Waals surface area contributed by atoms with Crippen molar-refractivity contribution in [2.75, 3.05) is 13.2 Å². The summed E-state index contributed by atoms with van der Waals surface area (Å²) >= 11 is 11.6. The Morgan fingerprint density at radius 3 is 2.89 bits per heavy atom. The van der Waals surface area contributed by atoms with E-state index in [1.54, 1.807) is 11.0 Å². The number of carbonyl (C=O) groups excluding carboxylic acids is 1. The molecule has 1 aromatic heterocycles. The smallest absolute Gasteiger partial charge is 0.270 e. The average molecular weight is 291 g/mol. The molecule has 1 aromatic rings. The van der Waals surface area contributed by atoms with Crippen LogP contribution in [-0.2, 0) is 0 Å². The van der Waals surface area contributed by atoms with E-state index in [-0.39, 0.29) is 23.7 Å². The maximum Gasteiger partial charge on any atom is 0.270 e. The number of amides is 1. The van der Waals surface area contributed by atoms with Crippen LogP contribution in [0.15, 0.2) is 6.07 Å². The topological polar surface area (TPSA) is 56.3 Å². The van der Waals surface area contributed by atoms with Crippen molar-refractivity contribution >= 4 is 29.1 Å². The highest BCUT2D eigenvalue weighted by Gasteiger charge is 2.28. The fraction of sp³-hybridized carbons (Fsp3) is 0.583. The number of hydrogen-bond acceptors (Lipinski definition) is 2. The molecular weight excluding hydrogens is 275 g/mol. The molecule has 0 aromatic carbocycles. The lowest BCUT2D eigenvalue weighted by Crippen LogP contribution is -2.44. The number of carbonyl (C=O) groups is 1. The summed E-state index contributed by atoms with van der Waals surface area (Å²) in [6.07, 6.45) is 3.65.